The Morgan fingerprint density at radius 3 is 2.26 bits per heavy atom. The number of nitro groups is 2. The third-order valence-corrected chi connectivity index (χ3v) is 4.80. The molecule has 0 unspecified atom stereocenters. The summed E-state index contributed by atoms with van der Waals surface area (Å²) < 4.78 is 5.25. The predicted octanol–water partition coefficient (Wildman–Crippen LogP) is 0.484. The van der Waals surface area contributed by atoms with Crippen LogP contribution < -0.4 is 4.90 Å². The van der Waals surface area contributed by atoms with Gasteiger partial charge in [-0.25, -0.2) is 0 Å². The van der Waals surface area contributed by atoms with Crippen molar-refractivity contribution in [3.63, 3.8) is 0 Å². The highest BCUT2D eigenvalue weighted by Crippen LogP contribution is 2.32. The fraction of sp³-hybridized carbons (Fsp3) is 0.562. The van der Waals surface area contributed by atoms with E-state index in [1.54, 1.807) is 4.90 Å². The molecule has 11 heteroatoms. The molecule has 0 radical (unpaired) electrons. The maximum atomic E-state index is 12.3. The second-order valence-electron chi connectivity index (χ2n) is 6.44. The number of benzene rings is 1. The largest absolute Gasteiger partial charge is 0.378 e. The molecule has 2 heterocycles. The van der Waals surface area contributed by atoms with Crippen LogP contribution in [0, 0.1) is 20.2 Å². The molecule has 0 bridgehead atoms. The number of carbonyl (C=O) groups excluding carboxylic acids is 1. The summed E-state index contributed by atoms with van der Waals surface area (Å²) in [5.74, 6) is 0.0630. The van der Waals surface area contributed by atoms with Crippen LogP contribution in [0.4, 0.5) is 17.1 Å². The molecule has 1 aromatic carbocycles. The van der Waals surface area contributed by atoms with Crippen molar-refractivity contribution in [1.29, 1.82) is 0 Å². The van der Waals surface area contributed by atoms with E-state index < -0.39 is 9.85 Å². The predicted molar refractivity (Wildman–Crippen MR) is 95.8 cm³/mol. The fourth-order valence-corrected chi connectivity index (χ4v) is 3.29. The van der Waals surface area contributed by atoms with E-state index in [1.165, 1.54) is 12.1 Å². The lowest BCUT2D eigenvalue weighted by molar-refractivity contribution is -0.393. The Morgan fingerprint density at radius 2 is 1.67 bits per heavy atom. The molecule has 0 N–H and O–H groups in total. The van der Waals surface area contributed by atoms with E-state index in [0.717, 1.165) is 6.07 Å². The molecule has 146 valence electrons. The topological polar surface area (TPSA) is 122 Å². The first-order chi connectivity index (χ1) is 13.0. The van der Waals surface area contributed by atoms with E-state index in [9.17, 15) is 25.0 Å². The second kappa shape index (κ2) is 8.27. The van der Waals surface area contributed by atoms with Gasteiger partial charge in [-0.1, -0.05) is 0 Å². The fourth-order valence-electron chi connectivity index (χ4n) is 3.29. The van der Waals surface area contributed by atoms with E-state index in [2.05, 4.69) is 0 Å². The van der Waals surface area contributed by atoms with Gasteiger partial charge in [0.15, 0.2) is 0 Å². The van der Waals surface area contributed by atoms with Crippen molar-refractivity contribution in [3.05, 3.63) is 38.4 Å². The van der Waals surface area contributed by atoms with Crippen molar-refractivity contribution in [2.24, 2.45) is 0 Å². The number of rotatable bonds is 5. The number of amides is 1. The SMILES string of the molecule is O=C(CN1CCN(c2ccc([N+](=O)[O-])cc2[N+](=O)[O-])CC1)N1CCOCC1. The minimum absolute atomic E-state index is 0.0630. The van der Waals surface area contributed by atoms with Crippen LogP contribution in [0.1, 0.15) is 0 Å². The van der Waals surface area contributed by atoms with Crippen LogP contribution in [-0.4, -0.2) is 84.6 Å². The Kier molecular flexibility index (Phi) is 5.81. The number of nitrogens with zero attached hydrogens (tertiary/aromatic N) is 5. The summed E-state index contributed by atoms with van der Waals surface area (Å²) in [6.07, 6.45) is 0. The van der Waals surface area contributed by atoms with Crippen LogP contribution >= 0.6 is 0 Å². The van der Waals surface area contributed by atoms with Gasteiger partial charge in [0.25, 0.3) is 11.4 Å². The summed E-state index contributed by atoms with van der Waals surface area (Å²) in [5.41, 5.74) is -0.216. The highest BCUT2D eigenvalue weighted by atomic mass is 16.6. The number of non-ortho nitro benzene ring substituents is 1. The molecule has 27 heavy (non-hydrogen) atoms. The molecule has 1 aromatic rings. The normalized spacial score (nSPS) is 18.4. The Morgan fingerprint density at radius 1 is 1.00 bits per heavy atom. The summed E-state index contributed by atoms with van der Waals surface area (Å²) in [5, 5.41) is 22.2. The van der Waals surface area contributed by atoms with Crippen molar-refractivity contribution in [3.8, 4) is 0 Å². The lowest BCUT2D eigenvalue weighted by Gasteiger charge is -2.36. The molecule has 0 aliphatic carbocycles. The molecule has 11 nitrogen and oxygen atoms in total. The Balaban J connectivity index is 1.61. The highest BCUT2D eigenvalue weighted by molar-refractivity contribution is 5.78. The summed E-state index contributed by atoms with van der Waals surface area (Å²) in [7, 11) is 0. The van der Waals surface area contributed by atoms with Gasteiger partial charge in [0.05, 0.1) is 35.7 Å². The zero-order valence-corrected chi connectivity index (χ0v) is 14.8. The number of hydrogen-bond donors (Lipinski definition) is 0. The minimum Gasteiger partial charge on any atom is -0.378 e. The molecule has 0 aromatic heterocycles. The van der Waals surface area contributed by atoms with Crippen LogP contribution in [0.3, 0.4) is 0 Å². The van der Waals surface area contributed by atoms with Crippen molar-refractivity contribution < 1.29 is 19.4 Å². The summed E-state index contributed by atoms with van der Waals surface area (Å²) in [4.78, 5) is 38.9. The first-order valence-corrected chi connectivity index (χ1v) is 8.71. The second-order valence-corrected chi connectivity index (χ2v) is 6.44. The van der Waals surface area contributed by atoms with Gasteiger partial charge in [-0.3, -0.25) is 29.9 Å². The maximum absolute atomic E-state index is 12.3. The maximum Gasteiger partial charge on any atom is 0.299 e. The van der Waals surface area contributed by atoms with Crippen molar-refractivity contribution in [2.75, 3.05) is 63.9 Å². The van der Waals surface area contributed by atoms with Crippen molar-refractivity contribution in [1.82, 2.24) is 9.80 Å². The van der Waals surface area contributed by atoms with Crippen LogP contribution in [0.25, 0.3) is 0 Å². The van der Waals surface area contributed by atoms with Crippen molar-refractivity contribution >= 4 is 23.0 Å². The first kappa shape index (κ1) is 19.0. The molecular weight excluding hydrogens is 358 g/mol. The Bertz CT molecular complexity index is 728. The Hall–Kier alpha value is -2.79. The molecule has 2 aliphatic heterocycles. The summed E-state index contributed by atoms with van der Waals surface area (Å²) >= 11 is 0. The van der Waals surface area contributed by atoms with E-state index in [0.29, 0.717) is 64.7 Å². The van der Waals surface area contributed by atoms with Gasteiger partial charge in [0.1, 0.15) is 5.69 Å². The summed E-state index contributed by atoms with van der Waals surface area (Å²) in [6, 6.07) is 3.69. The molecule has 2 fully saturated rings. The molecule has 0 saturated carbocycles. The quantitative estimate of drug-likeness (QED) is 0.535. The van der Waals surface area contributed by atoms with Crippen molar-refractivity contribution in [2.45, 2.75) is 0 Å². The van der Waals surface area contributed by atoms with E-state index in [-0.39, 0.29) is 17.3 Å². The standard InChI is InChI=1S/C16H21N5O6/c22-16(19-7-9-27-10-8-19)12-17-3-5-18(6-4-17)14-2-1-13(20(23)24)11-15(14)21(25)26/h1-2,11H,3-10,12H2. The van der Waals surface area contributed by atoms with E-state index in [4.69, 9.17) is 4.74 Å². The molecule has 0 atom stereocenters. The van der Waals surface area contributed by atoms with Gasteiger partial charge in [0, 0.05) is 45.3 Å². The van der Waals surface area contributed by atoms with Gasteiger partial charge < -0.3 is 14.5 Å². The lowest BCUT2D eigenvalue weighted by Crippen LogP contribution is -2.51. The number of hydrogen-bond acceptors (Lipinski definition) is 8. The highest BCUT2D eigenvalue weighted by Gasteiger charge is 2.27. The van der Waals surface area contributed by atoms with Crippen LogP contribution in [-0.2, 0) is 9.53 Å². The number of carbonyl (C=O) groups is 1. The number of morpholine rings is 1. The minimum atomic E-state index is -0.647. The molecule has 2 aliphatic rings. The van der Waals surface area contributed by atoms with E-state index >= 15 is 0 Å². The van der Waals surface area contributed by atoms with Gasteiger partial charge >= 0.3 is 0 Å². The molecule has 1 amide bonds. The number of piperazine rings is 1. The summed E-state index contributed by atoms with van der Waals surface area (Å²) in [6.45, 7) is 4.84. The van der Waals surface area contributed by atoms with Gasteiger partial charge in [0.2, 0.25) is 5.91 Å². The lowest BCUT2D eigenvalue weighted by atomic mass is 10.2. The third kappa shape index (κ3) is 4.49. The number of anilines is 1. The molecule has 3 rings (SSSR count). The third-order valence-electron chi connectivity index (χ3n) is 4.80. The van der Waals surface area contributed by atoms with Gasteiger partial charge in [-0.05, 0) is 6.07 Å². The smallest absolute Gasteiger partial charge is 0.299 e. The van der Waals surface area contributed by atoms with Gasteiger partial charge in [-0.15, -0.1) is 0 Å². The van der Waals surface area contributed by atoms with Gasteiger partial charge in [-0.2, -0.15) is 0 Å². The number of ether oxygens (including phenoxy) is 1. The zero-order valence-electron chi connectivity index (χ0n) is 14.8. The first-order valence-electron chi connectivity index (χ1n) is 8.71. The van der Waals surface area contributed by atoms with Crippen LogP contribution in [0.15, 0.2) is 18.2 Å². The van der Waals surface area contributed by atoms with E-state index in [1.807, 2.05) is 9.80 Å². The molecule has 0 spiro atoms. The number of nitro benzene ring substituents is 2. The Labute approximate surface area is 155 Å². The monoisotopic (exact) mass is 379 g/mol. The molecule has 2 saturated heterocycles. The average molecular weight is 379 g/mol. The molecular formula is C16H21N5O6. The average Bonchev–Trinajstić information content (AvgIpc) is 2.68. The zero-order chi connectivity index (χ0) is 19.4. The van der Waals surface area contributed by atoms with Crippen LogP contribution in [0.5, 0.6) is 0 Å². The van der Waals surface area contributed by atoms with Crippen LogP contribution in [0.2, 0.25) is 0 Å².